The molecule has 5 rings (SSSR count). The number of esters is 2. The molecule has 0 aromatic carbocycles. The first-order valence-corrected chi connectivity index (χ1v) is 15.7. The van der Waals surface area contributed by atoms with Gasteiger partial charge >= 0.3 is 11.9 Å². The molecule has 0 radical (unpaired) electrons. The molecule has 5 aliphatic rings. The standard InChI is InChI=1S/C19H32O2.C14H26O2/c1-6-18(4,5)17(20)21-19(12(2)3)15-8-13-7-14(10-15)11-16(19)9-13;1-5-13(3,4)12(15)16-14(6-2)10-8-7-9-11-14/h12-16H,6-11H2,1-5H3;5-11H2,1-4H3. The molecular formula is C33H58O4. The van der Waals surface area contributed by atoms with Gasteiger partial charge in [0.05, 0.1) is 10.8 Å². The zero-order valence-corrected chi connectivity index (χ0v) is 25.7. The van der Waals surface area contributed by atoms with Gasteiger partial charge in [0.15, 0.2) is 0 Å². The smallest absolute Gasteiger partial charge is 0.312 e. The summed E-state index contributed by atoms with van der Waals surface area (Å²) in [7, 11) is 0. The molecular weight excluding hydrogens is 460 g/mol. The van der Waals surface area contributed by atoms with Crippen molar-refractivity contribution in [2.24, 2.45) is 40.4 Å². The molecule has 37 heavy (non-hydrogen) atoms. The summed E-state index contributed by atoms with van der Waals surface area (Å²) < 4.78 is 12.2. The van der Waals surface area contributed by atoms with E-state index in [-0.39, 0.29) is 34.0 Å². The van der Waals surface area contributed by atoms with Crippen LogP contribution in [0.4, 0.5) is 0 Å². The largest absolute Gasteiger partial charge is 0.459 e. The first-order chi connectivity index (χ1) is 17.2. The third-order valence-corrected chi connectivity index (χ3v) is 11.2. The maximum absolute atomic E-state index is 12.8. The Balaban J connectivity index is 0.000000214. The van der Waals surface area contributed by atoms with Crippen molar-refractivity contribution in [1.82, 2.24) is 0 Å². The summed E-state index contributed by atoms with van der Waals surface area (Å²) in [6.07, 6.45) is 15.1. The van der Waals surface area contributed by atoms with Crippen molar-refractivity contribution in [3.8, 4) is 0 Å². The Bertz CT molecular complexity index is 758. The summed E-state index contributed by atoms with van der Waals surface area (Å²) in [4.78, 5) is 24.9. The van der Waals surface area contributed by atoms with Crippen molar-refractivity contribution in [1.29, 1.82) is 0 Å². The lowest BCUT2D eigenvalue weighted by Crippen LogP contribution is -2.63. The second kappa shape index (κ2) is 11.6. The van der Waals surface area contributed by atoms with Crippen LogP contribution in [0, 0.1) is 40.4 Å². The summed E-state index contributed by atoms with van der Waals surface area (Å²) in [5, 5.41) is 0. The highest BCUT2D eigenvalue weighted by atomic mass is 16.6. The topological polar surface area (TPSA) is 52.6 Å². The predicted molar refractivity (Wildman–Crippen MR) is 151 cm³/mol. The molecule has 0 saturated heterocycles. The van der Waals surface area contributed by atoms with E-state index in [9.17, 15) is 9.59 Å². The zero-order chi connectivity index (χ0) is 27.6. The molecule has 4 nitrogen and oxygen atoms in total. The van der Waals surface area contributed by atoms with Gasteiger partial charge in [0.1, 0.15) is 11.2 Å². The van der Waals surface area contributed by atoms with E-state index in [2.05, 4.69) is 27.7 Å². The molecule has 0 spiro atoms. The molecule has 4 bridgehead atoms. The quantitative estimate of drug-likeness (QED) is 0.301. The van der Waals surface area contributed by atoms with Crippen LogP contribution < -0.4 is 0 Å². The number of rotatable bonds is 8. The summed E-state index contributed by atoms with van der Waals surface area (Å²) in [6, 6.07) is 0. The molecule has 5 fully saturated rings. The van der Waals surface area contributed by atoms with Crippen LogP contribution in [-0.4, -0.2) is 23.1 Å². The van der Waals surface area contributed by atoms with Gasteiger partial charge in [-0.15, -0.1) is 0 Å². The molecule has 0 N–H and O–H groups in total. The van der Waals surface area contributed by atoms with Crippen LogP contribution in [0.5, 0.6) is 0 Å². The molecule has 4 heteroatoms. The Kier molecular flexibility index (Phi) is 9.54. The number of hydrogen-bond acceptors (Lipinski definition) is 4. The maximum atomic E-state index is 12.8. The molecule has 214 valence electrons. The Morgan fingerprint density at radius 1 is 0.730 bits per heavy atom. The van der Waals surface area contributed by atoms with Crippen molar-refractivity contribution >= 4 is 11.9 Å². The van der Waals surface area contributed by atoms with Crippen LogP contribution in [0.1, 0.15) is 146 Å². The van der Waals surface area contributed by atoms with Crippen molar-refractivity contribution in [3.63, 3.8) is 0 Å². The van der Waals surface area contributed by atoms with E-state index in [4.69, 9.17) is 9.47 Å². The van der Waals surface area contributed by atoms with Crippen LogP contribution >= 0.6 is 0 Å². The van der Waals surface area contributed by atoms with E-state index in [1.165, 1.54) is 51.4 Å². The fourth-order valence-corrected chi connectivity index (χ4v) is 7.79. The van der Waals surface area contributed by atoms with Gasteiger partial charge in [0.2, 0.25) is 0 Å². The number of carbonyl (C=O) groups excluding carboxylic acids is 2. The lowest BCUT2D eigenvalue weighted by atomic mass is 9.47. The van der Waals surface area contributed by atoms with Crippen LogP contribution in [0.15, 0.2) is 0 Å². The molecule has 0 unspecified atom stereocenters. The maximum Gasteiger partial charge on any atom is 0.312 e. The van der Waals surface area contributed by atoms with E-state index in [1.807, 2.05) is 34.6 Å². The highest BCUT2D eigenvalue weighted by Crippen LogP contribution is 2.62. The third kappa shape index (κ3) is 6.24. The van der Waals surface area contributed by atoms with E-state index in [1.54, 1.807) is 0 Å². The highest BCUT2D eigenvalue weighted by molar-refractivity contribution is 5.76. The van der Waals surface area contributed by atoms with Gasteiger partial charge in [-0.05, 0) is 134 Å². The fraction of sp³-hybridized carbons (Fsp3) is 0.939. The minimum atomic E-state index is -0.351. The van der Waals surface area contributed by atoms with Crippen LogP contribution in [0.3, 0.4) is 0 Å². The van der Waals surface area contributed by atoms with Crippen molar-refractivity contribution in [2.75, 3.05) is 0 Å². The SMILES string of the molecule is CCC(C)(C)C(=O)OC1(C(C)C)C2CC3CC(C2)CC1C3.CCC1(OC(=O)C(C)(C)CC)CCCCC1. The molecule has 0 amide bonds. The van der Waals surface area contributed by atoms with E-state index < -0.39 is 0 Å². The Hall–Kier alpha value is -1.06. The average Bonchev–Trinajstić information content (AvgIpc) is 2.86. The van der Waals surface area contributed by atoms with Gasteiger partial charge in [0, 0.05) is 0 Å². The van der Waals surface area contributed by atoms with Crippen LogP contribution in [-0.2, 0) is 19.1 Å². The number of carbonyl (C=O) groups is 2. The van der Waals surface area contributed by atoms with Gasteiger partial charge in [-0.1, -0.05) is 41.0 Å². The monoisotopic (exact) mass is 518 g/mol. The molecule has 0 aliphatic heterocycles. The summed E-state index contributed by atoms with van der Waals surface area (Å²) in [5.74, 6) is 3.51. The summed E-state index contributed by atoms with van der Waals surface area (Å²) in [6.45, 7) is 18.8. The first-order valence-electron chi connectivity index (χ1n) is 15.7. The molecule has 5 aliphatic carbocycles. The third-order valence-electron chi connectivity index (χ3n) is 11.2. The van der Waals surface area contributed by atoms with Gasteiger partial charge in [-0.3, -0.25) is 9.59 Å². The molecule has 0 atom stereocenters. The average molecular weight is 519 g/mol. The van der Waals surface area contributed by atoms with Gasteiger partial charge in [-0.2, -0.15) is 0 Å². The minimum absolute atomic E-state index is 0.0150. The zero-order valence-electron chi connectivity index (χ0n) is 25.7. The first kappa shape index (κ1) is 30.5. The number of hydrogen-bond donors (Lipinski definition) is 0. The Morgan fingerprint density at radius 2 is 1.16 bits per heavy atom. The Morgan fingerprint density at radius 3 is 1.54 bits per heavy atom. The molecule has 0 heterocycles. The molecule has 0 aromatic rings. The summed E-state index contributed by atoms with van der Waals surface area (Å²) >= 11 is 0. The number of ether oxygens (including phenoxy) is 2. The molecule has 5 saturated carbocycles. The van der Waals surface area contributed by atoms with Gasteiger partial charge in [-0.25, -0.2) is 0 Å². The predicted octanol–water partition coefficient (Wildman–Crippen LogP) is 8.90. The van der Waals surface area contributed by atoms with Crippen molar-refractivity contribution in [2.45, 2.75) is 157 Å². The Labute approximate surface area is 228 Å². The lowest BCUT2D eigenvalue weighted by molar-refractivity contribution is -0.231. The van der Waals surface area contributed by atoms with Gasteiger partial charge in [0.25, 0.3) is 0 Å². The second-order valence-electron chi connectivity index (χ2n) is 14.7. The molecule has 0 aromatic heterocycles. The van der Waals surface area contributed by atoms with Crippen molar-refractivity contribution in [3.05, 3.63) is 0 Å². The van der Waals surface area contributed by atoms with Gasteiger partial charge < -0.3 is 9.47 Å². The lowest BCUT2D eigenvalue weighted by Gasteiger charge is -2.62. The summed E-state index contributed by atoms with van der Waals surface area (Å²) in [5.41, 5.74) is -1.01. The second-order valence-corrected chi connectivity index (χ2v) is 14.7. The normalized spacial score (nSPS) is 32.5. The van der Waals surface area contributed by atoms with Crippen LogP contribution in [0.25, 0.3) is 0 Å². The fourth-order valence-electron chi connectivity index (χ4n) is 7.79. The highest BCUT2D eigenvalue weighted by Gasteiger charge is 2.61. The van der Waals surface area contributed by atoms with E-state index in [0.29, 0.717) is 17.8 Å². The van der Waals surface area contributed by atoms with E-state index in [0.717, 1.165) is 43.9 Å². The minimum Gasteiger partial charge on any atom is -0.459 e. The van der Waals surface area contributed by atoms with Crippen LogP contribution in [0.2, 0.25) is 0 Å². The van der Waals surface area contributed by atoms with Crippen molar-refractivity contribution < 1.29 is 19.1 Å². The van der Waals surface area contributed by atoms with E-state index >= 15 is 0 Å².